The van der Waals surface area contributed by atoms with E-state index in [1.807, 2.05) is 24.3 Å². The highest BCUT2D eigenvalue weighted by Crippen LogP contribution is 2.29. The van der Waals surface area contributed by atoms with Crippen molar-refractivity contribution in [3.05, 3.63) is 45.6 Å². The minimum Gasteiger partial charge on any atom is -0.362 e. The Morgan fingerprint density at radius 1 is 1.03 bits per heavy atom. The van der Waals surface area contributed by atoms with Crippen molar-refractivity contribution >= 4 is 33.7 Å². The van der Waals surface area contributed by atoms with Gasteiger partial charge < -0.3 is 20.9 Å². The lowest BCUT2D eigenvalue weighted by Gasteiger charge is -2.30. The third-order valence-corrected chi connectivity index (χ3v) is 6.88. The third-order valence-electron chi connectivity index (χ3n) is 6.35. The normalized spacial score (nSPS) is 20.2. The summed E-state index contributed by atoms with van der Waals surface area (Å²) in [5, 5.41) is 9.65. The summed E-state index contributed by atoms with van der Waals surface area (Å²) >= 11 is 3.43. The van der Waals surface area contributed by atoms with E-state index in [0.29, 0.717) is 12.6 Å². The summed E-state index contributed by atoms with van der Waals surface area (Å²) in [6, 6.07) is 8.43. The molecule has 0 spiro atoms. The average molecular weight is 501 g/mol. The van der Waals surface area contributed by atoms with Crippen LogP contribution in [0.5, 0.6) is 0 Å². The Hall–Kier alpha value is -2.35. The molecule has 1 fully saturated rings. The van der Waals surface area contributed by atoms with Crippen LogP contribution >= 0.6 is 15.9 Å². The third kappa shape index (κ3) is 5.91. The minimum atomic E-state index is -0.0991. The van der Waals surface area contributed by atoms with E-state index in [4.69, 9.17) is 9.97 Å². The highest BCUT2D eigenvalue weighted by atomic mass is 79.9. The van der Waals surface area contributed by atoms with Gasteiger partial charge in [-0.05, 0) is 69.1 Å². The summed E-state index contributed by atoms with van der Waals surface area (Å²) in [6.07, 6.45) is 8.44. The Morgan fingerprint density at radius 2 is 1.72 bits per heavy atom. The number of hydrogen-bond acceptors (Lipinski definition) is 5. The van der Waals surface area contributed by atoms with Crippen LogP contribution in [0.2, 0.25) is 0 Å². The SMILES string of the molecule is CN(C)c1nc(N[C@H]2CC[C@@H](NC(=O)NCc3ccc(Br)cc3)CC2)nc2c1CCCC2. The number of nitrogens with zero attached hydrogens (tertiary/aromatic N) is 3. The van der Waals surface area contributed by atoms with E-state index in [9.17, 15) is 4.79 Å². The van der Waals surface area contributed by atoms with Crippen LogP contribution in [-0.4, -0.2) is 42.2 Å². The largest absolute Gasteiger partial charge is 0.362 e. The van der Waals surface area contributed by atoms with Gasteiger partial charge in [0.25, 0.3) is 0 Å². The Bertz CT molecular complexity index is 925. The number of benzene rings is 1. The molecular weight excluding hydrogens is 468 g/mol. The van der Waals surface area contributed by atoms with Gasteiger partial charge in [0.05, 0.1) is 5.69 Å². The molecule has 8 heteroatoms. The molecule has 0 bridgehead atoms. The molecular formula is C24H33BrN6O. The Balaban J connectivity index is 1.25. The lowest BCUT2D eigenvalue weighted by molar-refractivity contribution is 0.231. The molecule has 1 heterocycles. The van der Waals surface area contributed by atoms with Crippen LogP contribution in [0.3, 0.4) is 0 Å². The van der Waals surface area contributed by atoms with Crippen LogP contribution in [0, 0.1) is 0 Å². The van der Waals surface area contributed by atoms with Gasteiger partial charge >= 0.3 is 6.03 Å². The van der Waals surface area contributed by atoms with Crippen LogP contribution in [0.15, 0.2) is 28.7 Å². The molecule has 32 heavy (non-hydrogen) atoms. The molecule has 1 aromatic heterocycles. The van der Waals surface area contributed by atoms with Crippen molar-refractivity contribution in [2.75, 3.05) is 24.3 Å². The van der Waals surface area contributed by atoms with E-state index in [1.165, 1.54) is 24.1 Å². The van der Waals surface area contributed by atoms with E-state index < -0.39 is 0 Å². The van der Waals surface area contributed by atoms with E-state index in [1.54, 1.807) is 0 Å². The highest BCUT2D eigenvalue weighted by molar-refractivity contribution is 9.10. The first-order chi connectivity index (χ1) is 15.5. The van der Waals surface area contributed by atoms with Crippen molar-refractivity contribution in [3.8, 4) is 0 Å². The Kier molecular flexibility index (Phi) is 7.50. The summed E-state index contributed by atoms with van der Waals surface area (Å²) in [7, 11) is 4.11. The summed E-state index contributed by atoms with van der Waals surface area (Å²) in [5.41, 5.74) is 3.60. The van der Waals surface area contributed by atoms with Gasteiger partial charge in [-0.3, -0.25) is 0 Å². The van der Waals surface area contributed by atoms with Crippen molar-refractivity contribution < 1.29 is 4.79 Å². The molecule has 0 aliphatic heterocycles. The maximum atomic E-state index is 12.3. The van der Waals surface area contributed by atoms with E-state index >= 15 is 0 Å². The number of carbonyl (C=O) groups excluding carboxylic acids is 1. The molecule has 1 saturated carbocycles. The Labute approximate surface area is 198 Å². The maximum absolute atomic E-state index is 12.3. The number of anilines is 2. The first-order valence-corrected chi connectivity index (χ1v) is 12.4. The number of hydrogen-bond donors (Lipinski definition) is 3. The molecule has 172 valence electrons. The quantitative estimate of drug-likeness (QED) is 0.547. The van der Waals surface area contributed by atoms with Gasteiger partial charge in [-0.2, -0.15) is 4.98 Å². The number of aromatic nitrogens is 2. The fourth-order valence-corrected chi connectivity index (χ4v) is 4.86. The molecule has 2 aliphatic rings. The summed E-state index contributed by atoms with van der Waals surface area (Å²) in [4.78, 5) is 24.1. The topological polar surface area (TPSA) is 82.2 Å². The van der Waals surface area contributed by atoms with Gasteiger partial charge in [0.2, 0.25) is 5.95 Å². The number of halogens is 1. The lowest BCUT2D eigenvalue weighted by atomic mass is 9.91. The Morgan fingerprint density at radius 3 is 2.44 bits per heavy atom. The molecule has 0 unspecified atom stereocenters. The molecule has 4 rings (SSSR count). The van der Waals surface area contributed by atoms with Crippen molar-refractivity contribution in [1.82, 2.24) is 20.6 Å². The second-order valence-corrected chi connectivity index (χ2v) is 9.96. The number of nitrogens with one attached hydrogen (secondary N) is 3. The van der Waals surface area contributed by atoms with Crippen molar-refractivity contribution in [3.63, 3.8) is 0 Å². The van der Waals surface area contributed by atoms with Crippen LogP contribution < -0.4 is 20.9 Å². The van der Waals surface area contributed by atoms with Crippen LogP contribution in [0.25, 0.3) is 0 Å². The number of urea groups is 1. The predicted octanol–water partition coefficient (Wildman–Crippen LogP) is 4.41. The van der Waals surface area contributed by atoms with Crippen LogP contribution in [0.1, 0.15) is 55.3 Å². The zero-order valence-electron chi connectivity index (χ0n) is 19.0. The zero-order valence-corrected chi connectivity index (χ0v) is 20.5. The van der Waals surface area contributed by atoms with Gasteiger partial charge in [0, 0.05) is 42.8 Å². The summed E-state index contributed by atoms with van der Waals surface area (Å²) < 4.78 is 1.04. The van der Waals surface area contributed by atoms with E-state index in [-0.39, 0.29) is 12.1 Å². The lowest BCUT2D eigenvalue weighted by Crippen LogP contribution is -2.44. The van der Waals surface area contributed by atoms with Gasteiger partial charge in [-0.1, -0.05) is 28.1 Å². The number of fused-ring (bicyclic) bond motifs is 1. The fraction of sp³-hybridized carbons (Fsp3) is 0.542. The van der Waals surface area contributed by atoms with Gasteiger partial charge in [-0.15, -0.1) is 0 Å². The smallest absolute Gasteiger partial charge is 0.315 e. The molecule has 7 nitrogen and oxygen atoms in total. The van der Waals surface area contributed by atoms with Gasteiger partial charge in [-0.25, -0.2) is 9.78 Å². The molecule has 0 radical (unpaired) electrons. The molecule has 3 N–H and O–H groups in total. The number of carbonyl (C=O) groups is 1. The highest BCUT2D eigenvalue weighted by Gasteiger charge is 2.24. The number of aryl methyl sites for hydroxylation is 1. The monoisotopic (exact) mass is 500 g/mol. The molecule has 1 aromatic carbocycles. The molecule has 0 saturated heterocycles. The average Bonchev–Trinajstić information content (AvgIpc) is 2.79. The first kappa shape index (κ1) is 22.8. The van der Waals surface area contributed by atoms with E-state index in [0.717, 1.165) is 60.3 Å². The molecule has 2 aliphatic carbocycles. The minimum absolute atomic E-state index is 0.0991. The summed E-state index contributed by atoms with van der Waals surface area (Å²) in [6.45, 7) is 0.528. The number of rotatable bonds is 6. The van der Waals surface area contributed by atoms with Crippen molar-refractivity contribution in [2.45, 2.75) is 70.0 Å². The predicted molar refractivity (Wildman–Crippen MR) is 132 cm³/mol. The van der Waals surface area contributed by atoms with Crippen molar-refractivity contribution in [1.29, 1.82) is 0 Å². The van der Waals surface area contributed by atoms with Crippen molar-refractivity contribution in [2.24, 2.45) is 0 Å². The molecule has 0 atom stereocenters. The standard InChI is InChI=1S/C24H33BrN6O/c1-31(2)22-20-5-3-4-6-21(20)29-23(30-22)27-18-11-13-19(14-12-18)28-24(32)26-15-16-7-9-17(25)10-8-16/h7-10,18-19H,3-6,11-15H2,1-2H3,(H2,26,28,32)(H,27,29,30)/t18-,19+. The zero-order chi connectivity index (χ0) is 22.5. The first-order valence-electron chi connectivity index (χ1n) is 11.6. The van der Waals surface area contributed by atoms with Gasteiger partial charge in [0.1, 0.15) is 5.82 Å². The number of amides is 2. The fourth-order valence-electron chi connectivity index (χ4n) is 4.59. The van der Waals surface area contributed by atoms with Gasteiger partial charge in [0.15, 0.2) is 0 Å². The molecule has 2 aromatic rings. The van der Waals surface area contributed by atoms with E-state index in [2.05, 4.69) is 50.9 Å². The molecule has 2 amide bonds. The second kappa shape index (κ2) is 10.5. The second-order valence-electron chi connectivity index (χ2n) is 9.04. The summed E-state index contributed by atoms with van der Waals surface area (Å²) in [5.74, 6) is 1.80. The van der Waals surface area contributed by atoms with Crippen LogP contribution in [0.4, 0.5) is 16.6 Å². The maximum Gasteiger partial charge on any atom is 0.315 e. The van der Waals surface area contributed by atoms with Crippen LogP contribution in [-0.2, 0) is 19.4 Å².